The quantitative estimate of drug-likeness (QED) is 0.821. The van der Waals surface area contributed by atoms with E-state index in [-0.39, 0.29) is 0 Å². The van der Waals surface area contributed by atoms with Crippen molar-refractivity contribution >= 4 is 0 Å². The first-order chi connectivity index (χ1) is 10.7. The fraction of sp³-hybridized carbons (Fsp3) is 0.278. The Labute approximate surface area is 131 Å². The van der Waals surface area contributed by atoms with Crippen molar-refractivity contribution in [1.29, 1.82) is 5.26 Å². The first-order valence-electron chi connectivity index (χ1n) is 7.05. The first kappa shape index (κ1) is 15.9. The van der Waals surface area contributed by atoms with Crippen LogP contribution in [0.25, 0.3) is 0 Å². The van der Waals surface area contributed by atoms with Gasteiger partial charge in [-0.3, -0.25) is 4.90 Å². The van der Waals surface area contributed by atoms with Crippen molar-refractivity contribution in [2.24, 2.45) is 0 Å². The zero-order chi connectivity index (χ0) is 15.9. The molecule has 2 aromatic carbocycles. The van der Waals surface area contributed by atoms with Gasteiger partial charge in [0.05, 0.1) is 25.9 Å². The predicted molar refractivity (Wildman–Crippen MR) is 85.9 cm³/mol. The summed E-state index contributed by atoms with van der Waals surface area (Å²) in [7, 11) is 5.33. The number of hydrogen-bond acceptors (Lipinski definition) is 4. The molecule has 4 nitrogen and oxygen atoms in total. The van der Waals surface area contributed by atoms with Crippen LogP contribution in [0, 0.1) is 11.3 Å². The third kappa shape index (κ3) is 3.78. The number of rotatable bonds is 6. The van der Waals surface area contributed by atoms with Crippen LogP contribution >= 0.6 is 0 Å². The van der Waals surface area contributed by atoms with Crippen LogP contribution in [0.5, 0.6) is 11.5 Å². The third-order valence-corrected chi connectivity index (χ3v) is 3.43. The molecule has 0 atom stereocenters. The van der Waals surface area contributed by atoms with Crippen LogP contribution in [0.4, 0.5) is 0 Å². The zero-order valence-electron chi connectivity index (χ0n) is 13.2. The number of benzene rings is 2. The highest BCUT2D eigenvalue weighted by molar-refractivity contribution is 5.46. The van der Waals surface area contributed by atoms with Gasteiger partial charge in [-0.15, -0.1) is 0 Å². The fourth-order valence-corrected chi connectivity index (χ4v) is 2.48. The molecule has 0 aliphatic heterocycles. The molecule has 0 radical (unpaired) electrons. The van der Waals surface area contributed by atoms with Gasteiger partial charge in [0.1, 0.15) is 0 Å². The van der Waals surface area contributed by atoms with Crippen molar-refractivity contribution in [3.63, 3.8) is 0 Å². The van der Waals surface area contributed by atoms with Crippen LogP contribution in [0.15, 0.2) is 42.5 Å². The molecular weight excluding hydrogens is 276 g/mol. The summed E-state index contributed by atoms with van der Waals surface area (Å²) >= 11 is 0. The molecule has 0 N–H and O–H groups in total. The normalized spacial score (nSPS) is 10.3. The van der Waals surface area contributed by atoms with Crippen LogP contribution in [0.1, 0.15) is 16.7 Å². The maximum Gasteiger partial charge on any atom is 0.165 e. The Morgan fingerprint density at radius 3 is 2.50 bits per heavy atom. The second-order valence-corrected chi connectivity index (χ2v) is 5.14. The smallest absolute Gasteiger partial charge is 0.165 e. The summed E-state index contributed by atoms with van der Waals surface area (Å²) in [4.78, 5) is 2.17. The number of para-hydroxylation sites is 1. The summed E-state index contributed by atoms with van der Waals surface area (Å²) in [6.45, 7) is 1.49. The lowest BCUT2D eigenvalue weighted by Crippen LogP contribution is -2.17. The SMILES string of the molecule is COc1cccc(CN(C)Cc2cccc(C#N)c2)c1OC. The van der Waals surface area contributed by atoms with E-state index in [1.54, 1.807) is 14.2 Å². The Morgan fingerprint density at radius 2 is 1.82 bits per heavy atom. The van der Waals surface area contributed by atoms with E-state index in [9.17, 15) is 0 Å². The minimum Gasteiger partial charge on any atom is -0.493 e. The second kappa shape index (κ2) is 7.48. The standard InChI is InChI=1S/C18H20N2O2/c1-20(12-15-7-4-6-14(10-15)11-19)13-16-8-5-9-17(21-2)18(16)22-3/h4-10H,12-13H2,1-3H3. The maximum absolute atomic E-state index is 8.96. The van der Waals surface area contributed by atoms with E-state index in [0.717, 1.165) is 35.7 Å². The molecule has 22 heavy (non-hydrogen) atoms. The summed E-state index contributed by atoms with van der Waals surface area (Å²) in [6.07, 6.45) is 0. The average molecular weight is 296 g/mol. The summed E-state index contributed by atoms with van der Waals surface area (Å²) in [5.74, 6) is 1.50. The third-order valence-electron chi connectivity index (χ3n) is 3.43. The van der Waals surface area contributed by atoms with E-state index in [1.807, 2.05) is 49.5 Å². The van der Waals surface area contributed by atoms with Gasteiger partial charge in [0.25, 0.3) is 0 Å². The van der Waals surface area contributed by atoms with E-state index in [0.29, 0.717) is 5.56 Å². The van der Waals surface area contributed by atoms with Crippen LogP contribution in [-0.2, 0) is 13.1 Å². The summed E-state index contributed by atoms with van der Waals surface area (Å²) in [5, 5.41) is 8.96. The van der Waals surface area contributed by atoms with Gasteiger partial charge in [-0.1, -0.05) is 24.3 Å². The molecule has 0 aromatic heterocycles. The van der Waals surface area contributed by atoms with Crippen molar-refractivity contribution in [2.45, 2.75) is 13.1 Å². The zero-order valence-corrected chi connectivity index (χ0v) is 13.2. The van der Waals surface area contributed by atoms with E-state index in [1.165, 1.54) is 0 Å². The van der Waals surface area contributed by atoms with Crippen LogP contribution in [0.3, 0.4) is 0 Å². The van der Waals surface area contributed by atoms with Gasteiger partial charge in [-0.05, 0) is 30.8 Å². The van der Waals surface area contributed by atoms with Gasteiger partial charge in [-0.2, -0.15) is 5.26 Å². The van der Waals surface area contributed by atoms with Gasteiger partial charge in [0.2, 0.25) is 0 Å². The van der Waals surface area contributed by atoms with Gasteiger partial charge in [-0.25, -0.2) is 0 Å². The van der Waals surface area contributed by atoms with Crippen LogP contribution < -0.4 is 9.47 Å². The monoisotopic (exact) mass is 296 g/mol. The van der Waals surface area contributed by atoms with Crippen molar-refractivity contribution in [3.8, 4) is 17.6 Å². The molecule has 0 saturated carbocycles. The number of nitriles is 1. The van der Waals surface area contributed by atoms with Crippen molar-refractivity contribution in [1.82, 2.24) is 4.90 Å². The molecule has 114 valence electrons. The number of nitrogens with zero attached hydrogens (tertiary/aromatic N) is 2. The van der Waals surface area contributed by atoms with Gasteiger partial charge >= 0.3 is 0 Å². The molecule has 0 aliphatic rings. The molecule has 0 amide bonds. The Bertz CT molecular complexity index is 677. The largest absolute Gasteiger partial charge is 0.493 e. The molecule has 0 fully saturated rings. The highest BCUT2D eigenvalue weighted by Gasteiger charge is 2.11. The number of methoxy groups -OCH3 is 2. The van der Waals surface area contributed by atoms with E-state index in [4.69, 9.17) is 14.7 Å². The summed E-state index contributed by atoms with van der Waals surface area (Å²) in [5.41, 5.74) is 2.87. The van der Waals surface area contributed by atoms with Gasteiger partial charge < -0.3 is 9.47 Å². The summed E-state index contributed by atoms with van der Waals surface area (Å²) < 4.78 is 10.8. The Hall–Kier alpha value is -2.51. The molecular formula is C18H20N2O2. The molecule has 2 rings (SSSR count). The van der Waals surface area contributed by atoms with Gasteiger partial charge in [0, 0.05) is 18.7 Å². The molecule has 0 heterocycles. The van der Waals surface area contributed by atoms with Gasteiger partial charge in [0.15, 0.2) is 11.5 Å². The van der Waals surface area contributed by atoms with E-state index < -0.39 is 0 Å². The summed E-state index contributed by atoms with van der Waals surface area (Å²) in [6, 6.07) is 15.7. The van der Waals surface area contributed by atoms with E-state index in [2.05, 4.69) is 11.0 Å². The molecule has 0 aliphatic carbocycles. The lowest BCUT2D eigenvalue weighted by atomic mass is 10.1. The fourth-order valence-electron chi connectivity index (χ4n) is 2.48. The molecule has 0 spiro atoms. The molecule has 2 aromatic rings. The number of ether oxygens (including phenoxy) is 2. The molecule has 0 unspecified atom stereocenters. The Kier molecular flexibility index (Phi) is 5.40. The van der Waals surface area contributed by atoms with Crippen molar-refractivity contribution in [3.05, 3.63) is 59.2 Å². The average Bonchev–Trinajstić information content (AvgIpc) is 2.54. The lowest BCUT2D eigenvalue weighted by Gasteiger charge is -2.19. The van der Waals surface area contributed by atoms with Crippen LogP contribution in [-0.4, -0.2) is 26.2 Å². The van der Waals surface area contributed by atoms with E-state index >= 15 is 0 Å². The highest BCUT2D eigenvalue weighted by Crippen LogP contribution is 2.31. The molecule has 0 saturated heterocycles. The number of hydrogen-bond donors (Lipinski definition) is 0. The Balaban J connectivity index is 2.12. The minimum atomic E-state index is 0.685. The predicted octanol–water partition coefficient (Wildman–Crippen LogP) is 3.21. The lowest BCUT2D eigenvalue weighted by molar-refractivity contribution is 0.303. The minimum absolute atomic E-state index is 0.685. The first-order valence-corrected chi connectivity index (χ1v) is 7.05. The van der Waals surface area contributed by atoms with Crippen molar-refractivity contribution < 1.29 is 9.47 Å². The molecule has 4 heteroatoms. The van der Waals surface area contributed by atoms with Crippen LogP contribution in [0.2, 0.25) is 0 Å². The highest BCUT2D eigenvalue weighted by atomic mass is 16.5. The topological polar surface area (TPSA) is 45.5 Å². The maximum atomic E-state index is 8.96. The van der Waals surface area contributed by atoms with Crippen molar-refractivity contribution in [2.75, 3.05) is 21.3 Å². The molecule has 0 bridgehead atoms. The second-order valence-electron chi connectivity index (χ2n) is 5.14. The Morgan fingerprint density at radius 1 is 1.05 bits per heavy atom.